The predicted octanol–water partition coefficient (Wildman–Crippen LogP) is 3.43. The average molecular weight is 463 g/mol. The standard InChI is InChI=1S/C18H21F4N5O3S/c1-17(2,30)5-9-6-23-14(31-9)13-10(18(20,21)22)7-24-15(26-13)25-12-3-4-27(16(28)29)8-11(12)19/h6-7,11-12,30H,3-5,8H2,1-2H3,(H,28,29)(H,24,25,26)/t11-,12+/m1/s1. The Hall–Kier alpha value is -2.54. The normalized spacial score (nSPS) is 20.0. The van der Waals surface area contributed by atoms with Crippen molar-refractivity contribution in [3.8, 4) is 10.7 Å². The molecule has 1 fully saturated rings. The summed E-state index contributed by atoms with van der Waals surface area (Å²) in [5, 5.41) is 21.6. The number of likely N-dealkylation sites (tertiary alicyclic amines) is 1. The molecule has 0 bridgehead atoms. The first kappa shape index (κ1) is 23.1. The zero-order valence-corrected chi connectivity index (χ0v) is 17.5. The predicted molar refractivity (Wildman–Crippen MR) is 105 cm³/mol. The lowest BCUT2D eigenvalue weighted by Gasteiger charge is -2.33. The summed E-state index contributed by atoms with van der Waals surface area (Å²) in [5.41, 5.74) is -2.59. The van der Waals surface area contributed by atoms with Crippen LogP contribution in [0.25, 0.3) is 10.7 Å². The van der Waals surface area contributed by atoms with Gasteiger partial charge in [0, 0.05) is 30.2 Å². The second-order valence-corrected chi connectivity index (χ2v) is 8.97. The molecular formula is C18H21F4N5O3S. The van der Waals surface area contributed by atoms with Crippen molar-refractivity contribution in [3.63, 3.8) is 0 Å². The number of nitrogens with one attached hydrogen (secondary N) is 1. The first-order chi connectivity index (χ1) is 14.3. The molecule has 31 heavy (non-hydrogen) atoms. The molecule has 3 rings (SSSR count). The molecule has 2 aromatic rings. The molecule has 0 unspecified atom stereocenters. The van der Waals surface area contributed by atoms with Gasteiger partial charge in [0.1, 0.15) is 22.4 Å². The maximum absolute atomic E-state index is 14.4. The highest BCUT2D eigenvalue weighted by molar-refractivity contribution is 7.15. The Morgan fingerprint density at radius 3 is 2.61 bits per heavy atom. The van der Waals surface area contributed by atoms with Crippen LogP contribution in [0, 0.1) is 0 Å². The van der Waals surface area contributed by atoms with E-state index in [9.17, 15) is 27.5 Å². The lowest BCUT2D eigenvalue weighted by atomic mass is 10.0. The minimum atomic E-state index is -4.73. The molecule has 170 valence electrons. The molecule has 0 spiro atoms. The van der Waals surface area contributed by atoms with E-state index in [2.05, 4.69) is 20.3 Å². The Balaban J connectivity index is 1.87. The van der Waals surface area contributed by atoms with Crippen LogP contribution in [0.5, 0.6) is 0 Å². The van der Waals surface area contributed by atoms with E-state index in [1.54, 1.807) is 13.8 Å². The number of amides is 1. The second-order valence-electron chi connectivity index (χ2n) is 7.86. The summed E-state index contributed by atoms with van der Waals surface area (Å²) in [5.74, 6) is -0.210. The molecule has 8 nitrogen and oxygen atoms in total. The molecule has 1 aliphatic heterocycles. The molecule has 13 heteroatoms. The van der Waals surface area contributed by atoms with Crippen LogP contribution in [0.15, 0.2) is 12.4 Å². The summed E-state index contributed by atoms with van der Waals surface area (Å²) >= 11 is 0.967. The molecule has 2 atom stereocenters. The van der Waals surface area contributed by atoms with E-state index in [1.807, 2.05) is 0 Å². The van der Waals surface area contributed by atoms with Gasteiger partial charge in [-0.25, -0.2) is 24.1 Å². The van der Waals surface area contributed by atoms with Crippen molar-refractivity contribution < 1.29 is 32.6 Å². The zero-order chi connectivity index (χ0) is 23.0. The van der Waals surface area contributed by atoms with Crippen molar-refractivity contribution in [1.29, 1.82) is 0 Å². The molecule has 3 N–H and O–H groups in total. The van der Waals surface area contributed by atoms with Gasteiger partial charge in [0.25, 0.3) is 0 Å². The Labute approximate surface area is 179 Å². The summed E-state index contributed by atoms with van der Waals surface area (Å²) in [7, 11) is 0. The first-order valence-electron chi connectivity index (χ1n) is 9.33. The van der Waals surface area contributed by atoms with Gasteiger partial charge >= 0.3 is 12.3 Å². The second kappa shape index (κ2) is 8.54. The molecule has 1 amide bonds. The third-order valence-electron chi connectivity index (χ3n) is 4.58. The molecule has 1 saturated heterocycles. The number of hydrogen-bond acceptors (Lipinski definition) is 7. The fourth-order valence-corrected chi connectivity index (χ4v) is 4.29. The highest BCUT2D eigenvalue weighted by Gasteiger charge is 2.37. The number of aliphatic hydroxyl groups is 1. The molecule has 2 aromatic heterocycles. The van der Waals surface area contributed by atoms with E-state index < -0.39 is 41.3 Å². The fourth-order valence-electron chi connectivity index (χ4n) is 3.15. The minimum Gasteiger partial charge on any atom is -0.465 e. The molecular weight excluding hydrogens is 442 g/mol. The molecule has 1 aliphatic rings. The number of nitrogens with zero attached hydrogens (tertiary/aromatic N) is 4. The summed E-state index contributed by atoms with van der Waals surface area (Å²) in [6.45, 7) is 2.87. The molecule has 0 saturated carbocycles. The van der Waals surface area contributed by atoms with E-state index in [1.165, 1.54) is 6.20 Å². The van der Waals surface area contributed by atoms with Gasteiger partial charge in [-0.3, -0.25) is 0 Å². The van der Waals surface area contributed by atoms with Gasteiger partial charge in [-0.15, -0.1) is 11.3 Å². The number of aromatic nitrogens is 3. The van der Waals surface area contributed by atoms with Gasteiger partial charge in [0.15, 0.2) is 0 Å². The van der Waals surface area contributed by atoms with Crippen molar-refractivity contribution in [2.45, 2.75) is 50.7 Å². The van der Waals surface area contributed by atoms with Crippen LogP contribution >= 0.6 is 11.3 Å². The molecule has 3 heterocycles. The molecule has 0 aliphatic carbocycles. The number of carboxylic acid groups (broad SMARTS) is 1. The van der Waals surface area contributed by atoms with Gasteiger partial charge in [-0.05, 0) is 20.3 Å². The van der Waals surface area contributed by atoms with Crippen LogP contribution in [0.1, 0.15) is 30.7 Å². The number of anilines is 1. The average Bonchev–Trinajstić information content (AvgIpc) is 3.08. The lowest BCUT2D eigenvalue weighted by Crippen LogP contribution is -2.49. The summed E-state index contributed by atoms with van der Waals surface area (Å²) in [4.78, 5) is 24.1. The van der Waals surface area contributed by atoms with E-state index in [-0.39, 0.29) is 36.9 Å². The summed E-state index contributed by atoms with van der Waals surface area (Å²) in [6.07, 6.45) is -5.23. The zero-order valence-electron chi connectivity index (χ0n) is 16.6. The number of carbonyl (C=O) groups is 1. The third-order valence-corrected chi connectivity index (χ3v) is 5.59. The SMILES string of the molecule is CC(C)(O)Cc1cnc(-c2nc(N[C@H]3CCN(C(=O)O)C[C@H]3F)ncc2C(F)(F)F)s1. The van der Waals surface area contributed by atoms with Crippen LogP contribution < -0.4 is 5.32 Å². The maximum Gasteiger partial charge on any atom is 0.420 e. The van der Waals surface area contributed by atoms with E-state index >= 15 is 0 Å². The van der Waals surface area contributed by atoms with Crippen LogP contribution in [0.2, 0.25) is 0 Å². The van der Waals surface area contributed by atoms with Crippen molar-refractivity contribution in [3.05, 3.63) is 22.8 Å². The van der Waals surface area contributed by atoms with Crippen molar-refractivity contribution in [2.75, 3.05) is 18.4 Å². The van der Waals surface area contributed by atoms with Gasteiger partial charge in [0.2, 0.25) is 5.95 Å². The van der Waals surface area contributed by atoms with Crippen molar-refractivity contribution >= 4 is 23.4 Å². The van der Waals surface area contributed by atoms with Gasteiger partial charge in [-0.2, -0.15) is 13.2 Å². The van der Waals surface area contributed by atoms with Crippen LogP contribution in [0.4, 0.5) is 28.3 Å². The number of alkyl halides is 4. The largest absolute Gasteiger partial charge is 0.465 e. The number of rotatable bonds is 5. The lowest BCUT2D eigenvalue weighted by molar-refractivity contribution is -0.137. The quantitative estimate of drug-likeness (QED) is 0.583. The Morgan fingerprint density at radius 2 is 2.03 bits per heavy atom. The first-order valence-corrected chi connectivity index (χ1v) is 10.2. The monoisotopic (exact) mass is 463 g/mol. The molecule has 0 aromatic carbocycles. The topological polar surface area (TPSA) is 111 Å². The van der Waals surface area contributed by atoms with Gasteiger partial charge < -0.3 is 20.4 Å². The number of piperidine rings is 1. The number of thiazole rings is 1. The van der Waals surface area contributed by atoms with E-state index in [4.69, 9.17) is 5.11 Å². The summed E-state index contributed by atoms with van der Waals surface area (Å²) < 4.78 is 54.9. The Kier molecular flexibility index (Phi) is 6.37. The van der Waals surface area contributed by atoms with Crippen LogP contribution in [-0.2, 0) is 12.6 Å². The Bertz CT molecular complexity index is 947. The fraction of sp³-hybridized carbons (Fsp3) is 0.556. The van der Waals surface area contributed by atoms with E-state index in [0.717, 1.165) is 16.2 Å². The highest BCUT2D eigenvalue weighted by Crippen LogP contribution is 2.38. The minimum absolute atomic E-state index is 0.00507. The van der Waals surface area contributed by atoms with Crippen molar-refractivity contribution in [2.24, 2.45) is 0 Å². The Morgan fingerprint density at radius 1 is 1.32 bits per heavy atom. The van der Waals surface area contributed by atoms with Crippen LogP contribution in [0.3, 0.4) is 0 Å². The van der Waals surface area contributed by atoms with Gasteiger partial charge in [0.05, 0.1) is 18.2 Å². The van der Waals surface area contributed by atoms with Crippen molar-refractivity contribution in [1.82, 2.24) is 19.9 Å². The number of halogens is 4. The van der Waals surface area contributed by atoms with Crippen LogP contribution in [-0.4, -0.2) is 67.1 Å². The van der Waals surface area contributed by atoms with E-state index in [0.29, 0.717) is 11.1 Å². The molecule has 0 radical (unpaired) electrons. The third kappa shape index (κ3) is 5.79. The number of hydrogen-bond donors (Lipinski definition) is 3. The van der Waals surface area contributed by atoms with Gasteiger partial charge in [-0.1, -0.05) is 0 Å². The highest BCUT2D eigenvalue weighted by atomic mass is 32.1. The smallest absolute Gasteiger partial charge is 0.420 e. The maximum atomic E-state index is 14.4. The summed E-state index contributed by atoms with van der Waals surface area (Å²) in [6, 6.07) is -0.845.